The van der Waals surface area contributed by atoms with Crippen LogP contribution < -0.4 is 0 Å². The Morgan fingerprint density at radius 3 is 1.56 bits per heavy atom. The molecule has 3 saturated carbocycles. The predicted octanol–water partition coefficient (Wildman–Crippen LogP) is 5.54. The van der Waals surface area contributed by atoms with Crippen molar-refractivity contribution in [2.24, 2.45) is 5.92 Å². The zero-order chi connectivity index (χ0) is 18.7. The van der Waals surface area contributed by atoms with Gasteiger partial charge < -0.3 is 4.57 Å². The molecule has 3 aliphatic carbocycles. The number of nitrogens with zero attached hydrogens (tertiary/aromatic N) is 3. The predicted molar refractivity (Wildman–Crippen MR) is 115 cm³/mol. The van der Waals surface area contributed by atoms with Gasteiger partial charge >= 0.3 is 0 Å². The summed E-state index contributed by atoms with van der Waals surface area (Å²) in [4.78, 5) is 2.58. The van der Waals surface area contributed by atoms with Crippen LogP contribution in [0, 0.1) is 17.2 Å². The molecule has 0 amide bonds. The van der Waals surface area contributed by atoms with E-state index in [1.165, 1.54) is 64.7 Å². The van der Waals surface area contributed by atoms with Crippen LogP contribution in [0.15, 0.2) is 0 Å². The molecule has 3 nitrogen and oxygen atoms in total. The van der Waals surface area contributed by atoms with E-state index < -0.39 is 8.24 Å². The molecule has 0 N–H and O–H groups in total. The van der Waals surface area contributed by atoms with Gasteiger partial charge in [0.2, 0.25) is 0 Å². The zero-order valence-corrected chi connectivity index (χ0v) is 18.7. The van der Waals surface area contributed by atoms with Gasteiger partial charge in [-0.1, -0.05) is 77.0 Å². The second-order valence-corrected chi connectivity index (χ2v) is 15.0. The van der Waals surface area contributed by atoms with Crippen molar-refractivity contribution in [2.75, 3.05) is 32.7 Å². The van der Waals surface area contributed by atoms with Crippen LogP contribution in [0.25, 0.3) is 0 Å². The molecule has 0 radical (unpaired) electrons. The molecule has 1 aliphatic heterocycles. The van der Waals surface area contributed by atoms with Crippen molar-refractivity contribution in [2.45, 2.75) is 101 Å². The molecule has 4 aliphatic rings. The van der Waals surface area contributed by atoms with Crippen LogP contribution in [0.4, 0.5) is 0 Å². The Morgan fingerprint density at radius 1 is 0.778 bits per heavy atom. The van der Waals surface area contributed by atoms with Crippen molar-refractivity contribution in [3.8, 4) is 6.07 Å². The molecule has 1 heterocycles. The first-order chi connectivity index (χ1) is 13.2. The standard InChI is InChI=1S/C23H41N3Si/c1-20(18-24)19-25-14-16-26(17-15-25)27(21-8-2-3-9-21,22-10-4-5-11-22)23-12-6-7-13-23/h20-23H,2-17,19H2,1H3. The summed E-state index contributed by atoms with van der Waals surface area (Å²) < 4.78 is 3.18. The monoisotopic (exact) mass is 387 g/mol. The van der Waals surface area contributed by atoms with Gasteiger partial charge in [0.1, 0.15) is 8.24 Å². The summed E-state index contributed by atoms with van der Waals surface area (Å²) >= 11 is 0. The molecule has 4 rings (SSSR count). The lowest BCUT2D eigenvalue weighted by atomic mass is 10.2. The third-order valence-electron chi connectivity index (χ3n) is 8.70. The first-order valence-corrected chi connectivity index (χ1v) is 14.3. The van der Waals surface area contributed by atoms with Gasteiger partial charge in [0.15, 0.2) is 0 Å². The average molecular weight is 388 g/mol. The number of hydrogen-bond donors (Lipinski definition) is 0. The summed E-state index contributed by atoms with van der Waals surface area (Å²) in [6.07, 6.45) is 18.4. The summed E-state index contributed by atoms with van der Waals surface area (Å²) in [5, 5.41) is 9.20. The van der Waals surface area contributed by atoms with E-state index in [-0.39, 0.29) is 5.92 Å². The van der Waals surface area contributed by atoms with Gasteiger partial charge in [-0.25, -0.2) is 0 Å². The Kier molecular flexibility index (Phi) is 6.62. The van der Waals surface area contributed by atoms with E-state index in [0.717, 1.165) is 23.2 Å². The normalized spacial score (nSPS) is 28.7. The maximum atomic E-state index is 9.20. The highest BCUT2D eigenvalue weighted by atomic mass is 28.3. The molecular weight excluding hydrogens is 346 g/mol. The molecule has 0 aromatic carbocycles. The molecule has 4 fully saturated rings. The molecular formula is C23H41N3Si. The van der Waals surface area contributed by atoms with Crippen LogP contribution in [0.5, 0.6) is 0 Å². The SMILES string of the molecule is CC(C#N)CN1CCN([Si](C2CCCC2)(C2CCCC2)C2CCCC2)CC1. The van der Waals surface area contributed by atoms with Crippen molar-refractivity contribution in [3.63, 3.8) is 0 Å². The van der Waals surface area contributed by atoms with Gasteiger partial charge in [-0.05, 0) is 23.5 Å². The lowest BCUT2D eigenvalue weighted by Crippen LogP contribution is -2.66. The summed E-state index contributed by atoms with van der Waals surface area (Å²) in [6.45, 7) is 8.12. The van der Waals surface area contributed by atoms with E-state index in [9.17, 15) is 5.26 Å². The minimum atomic E-state index is -1.43. The Morgan fingerprint density at radius 2 is 1.19 bits per heavy atom. The second kappa shape index (κ2) is 8.97. The molecule has 0 aromatic heterocycles. The van der Waals surface area contributed by atoms with Gasteiger partial charge in [-0.15, -0.1) is 0 Å². The minimum Gasteiger partial charge on any atom is -0.320 e. The molecule has 1 saturated heterocycles. The van der Waals surface area contributed by atoms with E-state index in [4.69, 9.17) is 0 Å². The Balaban J connectivity index is 1.57. The number of hydrogen-bond acceptors (Lipinski definition) is 3. The molecule has 27 heavy (non-hydrogen) atoms. The molecule has 0 spiro atoms. The Hall–Kier alpha value is -0.373. The topological polar surface area (TPSA) is 30.3 Å². The van der Waals surface area contributed by atoms with Gasteiger partial charge in [-0.2, -0.15) is 5.26 Å². The van der Waals surface area contributed by atoms with E-state index in [2.05, 4.69) is 22.5 Å². The van der Waals surface area contributed by atoms with Crippen LogP contribution in [-0.4, -0.2) is 50.4 Å². The summed E-state index contributed by atoms with van der Waals surface area (Å²) in [5.41, 5.74) is 3.31. The average Bonchev–Trinajstić information content (AvgIpc) is 3.47. The van der Waals surface area contributed by atoms with Crippen molar-refractivity contribution in [1.29, 1.82) is 5.26 Å². The fourth-order valence-electron chi connectivity index (χ4n) is 7.69. The van der Waals surface area contributed by atoms with Crippen LogP contribution in [0.1, 0.15) is 84.0 Å². The number of rotatable bonds is 6. The van der Waals surface area contributed by atoms with Gasteiger partial charge in [0.25, 0.3) is 0 Å². The molecule has 0 bridgehead atoms. The lowest BCUT2D eigenvalue weighted by Gasteiger charge is -2.56. The van der Waals surface area contributed by atoms with Gasteiger partial charge in [-0.3, -0.25) is 4.90 Å². The largest absolute Gasteiger partial charge is 0.320 e. The first-order valence-electron chi connectivity index (χ1n) is 12.1. The highest BCUT2D eigenvalue weighted by Crippen LogP contribution is 2.59. The Bertz CT molecular complexity index is 463. The fraction of sp³-hybridized carbons (Fsp3) is 0.957. The molecule has 4 heteroatoms. The summed E-state index contributed by atoms with van der Waals surface area (Å²) in [7, 11) is -1.43. The van der Waals surface area contributed by atoms with Crippen molar-refractivity contribution in [1.82, 2.24) is 9.47 Å². The first kappa shape index (κ1) is 19.9. The fourth-order valence-corrected chi connectivity index (χ4v) is 16.2. The molecule has 1 atom stereocenters. The van der Waals surface area contributed by atoms with Crippen LogP contribution in [0.3, 0.4) is 0 Å². The van der Waals surface area contributed by atoms with Crippen molar-refractivity contribution >= 4 is 8.24 Å². The lowest BCUT2D eigenvalue weighted by molar-refractivity contribution is 0.166. The van der Waals surface area contributed by atoms with Gasteiger partial charge in [0.05, 0.1) is 12.0 Å². The summed E-state index contributed by atoms with van der Waals surface area (Å²) in [6, 6.07) is 2.44. The Labute approximate surface area is 168 Å². The minimum absolute atomic E-state index is 0.179. The van der Waals surface area contributed by atoms with Crippen molar-refractivity contribution in [3.05, 3.63) is 0 Å². The van der Waals surface area contributed by atoms with E-state index in [0.29, 0.717) is 0 Å². The van der Waals surface area contributed by atoms with E-state index in [1.54, 1.807) is 38.5 Å². The smallest absolute Gasteiger partial charge is 0.137 e. The maximum Gasteiger partial charge on any atom is 0.137 e. The second-order valence-electron chi connectivity index (χ2n) is 10.1. The number of piperazine rings is 1. The number of nitriles is 1. The van der Waals surface area contributed by atoms with Gasteiger partial charge in [0, 0.05) is 32.7 Å². The van der Waals surface area contributed by atoms with Crippen LogP contribution in [-0.2, 0) is 0 Å². The highest BCUT2D eigenvalue weighted by molar-refractivity contribution is 6.81. The van der Waals surface area contributed by atoms with E-state index in [1.807, 2.05) is 0 Å². The third-order valence-corrected chi connectivity index (χ3v) is 15.9. The van der Waals surface area contributed by atoms with E-state index >= 15 is 0 Å². The molecule has 152 valence electrons. The van der Waals surface area contributed by atoms with Crippen LogP contribution >= 0.6 is 0 Å². The molecule has 1 unspecified atom stereocenters. The quantitative estimate of drug-likeness (QED) is 0.560. The zero-order valence-electron chi connectivity index (χ0n) is 17.7. The van der Waals surface area contributed by atoms with Crippen molar-refractivity contribution < 1.29 is 0 Å². The van der Waals surface area contributed by atoms with Crippen LogP contribution in [0.2, 0.25) is 16.6 Å². The third kappa shape index (κ3) is 3.89. The molecule has 0 aromatic rings. The maximum absolute atomic E-state index is 9.20. The highest BCUT2D eigenvalue weighted by Gasteiger charge is 2.57. The summed E-state index contributed by atoms with van der Waals surface area (Å²) in [5.74, 6) is 0.179.